The first-order valence-electron chi connectivity index (χ1n) is 10.5. The molecule has 1 aliphatic heterocycles. The molecule has 0 aliphatic carbocycles. The van der Waals surface area contributed by atoms with Gasteiger partial charge in [0.05, 0.1) is 17.7 Å². The molecular weight excluding hydrogens is 358 g/mol. The Labute approximate surface area is 170 Å². The Morgan fingerprint density at radius 3 is 2.74 bits per heavy atom. The molecule has 0 amide bonds. The van der Waals surface area contributed by atoms with Crippen molar-refractivity contribution in [3.05, 3.63) is 40.6 Å². The van der Waals surface area contributed by atoms with Gasteiger partial charge in [-0.1, -0.05) is 51.9 Å². The minimum Gasteiger partial charge on any atom is -0.492 e. The van der Waals surface area contributed by atoms with Gasteiger partial charge in [0, 0.05) is 25.4 Å². The largest absolute Gasteiger partial charge is 0.492 e. The number of nitrogens with zero attached hydrogens (tertiary/aromatic N) is 1. The SMILES string of the molecule is C=C(C(CC)OCCC)N(Cc1cc(Cl)c2c(c1)CCCCO2)CC(C)C. The molecule has 0 bridgehead atoms. The maximum Gasteiger partial charge on any atom is 0.141 e. The predicted octanol–water partition coefficient (Wildman–Crippen LogP) is 6.23. The van der Waals surface area contributed by atoms with Gasteiger partial charge in [0.15, 0.2) is 0 Å². The van der Waals surface area contributed by atoms with E-state index in [9.17, 15) is 0 Å². The molecule has 1 unspecified atom stereocenters. The van der Waals surface area contributed by atoms with Crippen LogP contribution in [0.2, 0.25) is 5.02 Å². The lowest BCUT2D eigenvalue weighted by atomic mass is 10.0. The summed E-state index contributed by atoms with van der Waals surface area (Å²) in [6.07, 6.45) is 5.30. The van der Waals surface area contributed by atoms with Crippen molar-refractivity contribution in [1.29, 1.82) is 0 Å². The van der Waals surface area contributed by atoms with Crippen molar-refractivity contribution in [3.8, 4) is 5.75 Å². The zero-order chi connectivity index (χ0) is 19.8. The van der Waals surface area contributed by atoms with E-state index in [4.69, 9.17) is 21.1 Å². The van der Waals surface area contributed by atoms with Crippen molar-refractivity contribution >= 4 is 11.6 Å². The summed E-state index contributed by atoms with van der Waals surface area (Å²) in [6.45, 7) is 16.5. The lowest BCUT2D eigenvalue weighted by molar-refractivity contribution is 0.0517. The van der Waals surface area contributed by atoms with E-state index in [1.54, 1.807) is 0 Å². The summed E-state index contributed by atoms with van der Waals surface area (Å²) in [6, 6.07) is 4.32. The summed E-state index contributed by atoms with van der Waals surface area (Å²) in [4.78, 5) is 2.37. The lowest BCUT2D eigenvalue weighted by Crippen LogP contribution is -2.33. The summed E-state index contributed by atoms with van der Waals surface area (Å²) >= 11 is 6.56. The molecule has 1 heterocycles. The van der Waals surface area contributed by atoms with Crippen LogP contribution in [-0.2, 0) is 17.7 Å². The summed E-state index contributed by atoms with van der Waals surface area (Å²) in [7, 11) is 0. The van der Waals surface area contributed by atoms with E-state index in [1.807, 2.05) is 0 Å². The van der Waals surface area contributed by atoms with Gasteiger partial charge in [-0.15, -0.1) is 0 Å². The third-order valence-electron chi connectivity index (χ3n) is 4.90. The predicted molar refractivity (Wildman–Crippen MR) is 115 cm³/mol. The van der Waals surface area contributed by atoms with Crippen LogP contribution in [0.1, 0.15) is 64.5 Å². The van der Waals surface area contributed by atoms with Crippen LogP contribution >= 0.6 is 11.6 Å². The minimum absolute atomic E-state index is 0.0725. The van der Waals surface area contributed by atoms with Gasteiger partial charge in [0.25, 0.3) is 0 Å². The molecule has 1 aromatic rings. The Hall–Kier alpha value is -1.19. The molecule has 1 aliphatic rings. The molecule has 27 heavy (non-hydrogen) atoms. The Bertz CT molecular complexity index is 615. The van der Waals surface area contributed by atoms with E-state index in [-0.39, 0.29) is 6.10 Å². The molecule has 1 atom stereocenters. The molecule has 0 aromatic heterocycles. The van der Waals surface area contributed by atoms with Gasteiger partial charge in [-0.05, 0) is 55.2 Å². The topological polar surface area (TPSA) is 21.7 Å². The molecule has 4 heteroatoms. The second-order valence-corrected chi connectivity index (χ2v) is 8.31. The molecule has 1 aromatic carbocycles. The van der Waals surface area contributed by atoms with Crippen molar-refractivity contribution < 1.29 is 9.47 Å². The first kappa shape index (κ1) is 22.1. The maximum atomic E-state index is 6.56. The van der Waals surface area contributed by atoms with Gasteiger partial charge in [0.2, 0.25) is 0 Å². The van der Waals surface area contributed by atoms with Crippen LogP contribution in [-0.4, -0.2) is 30.8 Å². The van der Waals surface area contributed by atoms with E-state index in [1.165, 1.54) is 11.1 Å². The zero-order valence-corrected chi connectivity index (χ0v) is 18.3. The number of hydrogen-bond donors (Lipinski definition) is 0. The molecular formula is C23H36ClNO2. The molecule has 0 radical (unpaired) electrons. The van der Waals surface area contributed by atoms with E-state index in [2.05, 4.69) is 51.3 Å². The van der Waals surface area contributed by atoms with Crippen LogP contribution in [0.5, 0.6) is 5.75 Å². The van der Waals surface area contributed by atoms with Crippen LogP contribution in [0.15, 0.2) is 24.4 Å². The maximum absolute atomic E-state index is 6.56. The summed E-state index contributed by atoms with van der Waals surface area (Å²) in [5.74, 6) is 1.43. The average molecular weight is 394 g/mol. The van der Waals surface area contributed by atoms with Gasteiger partial charge in [-0.25, -0.2) is 0 Å². The third-order valence-corrected chi connectivity index (χ3v) is 5.18. The van der Waals surface area contributed by atoms with Crippen molar-refractivity contribution in [1.82, 2.24) is 4.90 Å². The van der Waals surface area contributed by atoms with Gasteiger partial charge in [-0.2, -0.15) is 0 Å². The highest BCUT2D eigenvalue weighted by molar-refractivity contribution is 6.32. The molecule has 0 fully saturated rings. The quantitative estimate of drug-likeness (QED) is 0.470. The van der Waals surface area contributed by atoms with Gasteiger partial charge in [-0.3, -0.25) is 0 Å². The van der Waals surface area contributed by atoms with Gasteiger partial charge >= 0.3 is 0 Å². The number of hydrogen-bond acceptors (Lipinski definition) is 3. The standard InChI is InChI=1S/C23H36ClNO2/c1-6-11-26-22(7-2)18(5)25(15-17(3)4)16-19-13-20-10-8-9-12-27-23(20)21(24)14-19/h13-14,17,22H,5-12,15-16H2,1-4H3. The van der Waals surface area contributed by atoms with Crippen molar-refractivity contribution in [2.24, 2.45) is 5.92 Å². The summed E-state index contributed by atoms with van der Waals surface area (Å²) in [5.41, 5.74) is 3.53. The van der Waals surface area contributed by atoms with Gasteiger partial charge in [0.1, 0.15) is 5.75 Å². The van der Waals surface area contributed by atoms with E-state index < -0.39 is 0 Å². The highest BCUT2D eigenvalue weighted by Gasteiger charge is 2.20. The van der Waals surface area contributed by atoms with E-state index in [0.29, 0.717) is 5.92 Å². The van der Waals surface area contributed by atoms with Crippen LogP contribution in [0.4, 0.5) is 0 Å². The van der Waals surface area contributed by atoms with Crippen molar-refractivity contribution in [2.45, 2.75) is 72.4 Å². The average Bonchev–Trinajstić information content (AvgIpc) is 2.87. The summed E-state index contributed by atoms with van der Waals surface area (Å²) < 4.78 is 11.9. The highest BCUT2D eigenvalue weighted by Crippen LogP contribution is 2.34. The Morgan fingerprint density at radius 1 is 1.30 bits per heavy atom. The summed E-state index contributed by atoms with van der Waals surface area (Å²) in [5, 5.41) is 0.730. The van der Waals surface area contributed by atoms with Crippen LogP contribution in [0.3, 0.4) is 0 Å². The van der Waals surface area contributed by atoms with Crippen molar-refractivity contribution in [2.75, 3.05) is 19.8 Å². The van der Waals surface area contributed by atoms with Gasteiger partial charge < -0.3 is 14.4 Å². The number of ether oxygens (including phenoxy) is 2. The van der Waals surface area contributed by atoms with Crippen LogP contribution in [0, 0.1) is 5.92 Å². The monoisotopic (exact) mass is 393 g/mol. The molecule has 0 saturated carbocycles. The molecule has 0 saturated heterocycles. The Kier molecular flexibility index (Phi) is 8.98. The highest BCUT2D eigenvalue weighted by atomic mass is 35.5. The second kappa shape index (κ2) is 11.0. The molecule has 2 rings (SSSR count). The van der Waals surface area contributed by atoms with Crippen LogP contribution < -0.4 is 4.74 Å². The first-order valence-corrected chi connectivity index (χ1v) is 10.8. The smallest absolute Gasteiger partial charge is 0.141 e. The second-order valence-electron chi connectivity index (χ2n) is 7.90. The third kappa shape index (κ3) is 6.43. The first-order chi connectivity index (χ1) is 13.0. The molecule has 152 valence electrons. The number of aryl methyl sites for hydroxylation is 1. The Balaban J connectivity index is 2.21. The molecule has 0 spiro atoms. The number of rotatable bonds is 10. The molecule has 3 nitrogen and oxygen atoms in total. The fourth-order valence-corrected chi connectivity index (χ4v) is 3.92. The minimum atomic E-state index is 0.0725. The van der Waals surface area contributed by atoms with E-state index >= 15 is 0 Å². The lowest BCUT2D eigenvalue weighted by Gasteiger charge is -2.33. The number of halogens is 1. The fraction of sp³-hybridized carbons (Fsp3) is 0.652. The Morgan fingerprint density at radius 2 is 2.07 bits per heavy atom. The number of benzene rings is 1. The van der Waals surface area contributed by atoms with E-state index in [0.717, 1.165) is 74.9 Å². The van der Waals surface area contributed by atoms with Crippen LogP contribution in [0.25, 0.3) is 0 Å². The zero-order valence-electron chi connectivity index (χ0n) is 17.5. The fourth-order valence-electron chi connectivity index (χ4n) is 3.60. The van der Waals surface area contributed by atoms with Crippen molar-refractivity contribution in [3.63, 3.8) is 0 Å². The molecule has 0 N–H and O–H groups in total. The number of fused-ring (bicyclic) bond motifs is 1. The normalized spacial score (nSPS) is 15.0.